The van der Waals surface area contributed by atoms with Crippen molar-refractivity contribution in [1.29, 1.82) is 0 Å². The Morgan fingerprint density at radius 1 is 1.64 bits per heavy atom. The zero-order chi connectivity index (χ0) is 8.43. The van der Waals surface area contributed by atoms with Crippen LogP contribution in [0.3, 0.4) is 0 Å². The van der Waals surface area contributed by atoms with Crippen LogP contribution in [0.4, 0.5) is 11.6 Å². The Kier molecular flexibility index (Phi) is 1.72. The normalized spacial score (nSPS) is 9.55. The van der Waals surface area contributed by atoms with Crippen LogP contribution in [0.5, 0.6) is 0 Å². The molecule has 0 unspecified atom stereocenters. The van der Waals surface area contributed by atoms with E-state index in [1.54, 1.807) is 13.0 Å². The van der Waals surface area contributed by atoms with Crippen LogP contribution < -0.4 is 5.73 Å². The molecule has 1 aromatic heterocycles. The number of nitrogens with zero attached hydrogens (tertiary/aromatic N) is 2. The second-order valence-electron chi connectivity index (χ2n) is 2.13. The third-order valence-electron chi connectivity index (χ3n) is 1.26. The van der Waals surface area contributed by atoms with Crippen molar-refractivity contribution in [2.45, 2.75) is 6.92 Å². The Labute approximate surface area is 63.0 Å². The molecule has 0 fully saturated rings. The Balaban J connectivity index is 3.23. The maximum atomic E-state index is 10.3. The van der Waals surface area contributed by atoms with Crippen LogP contribution in [-0.4, -0.2) is 9.91 Å². The van der Waals surface area contributed by atoms with Crippen molar-refractivity contribution in [2.24, 2.45) is 0 Å². The average molecular weight is 153 g/mol. The van der Waals surface area contributed by atoms with E-state index in [1.165, 1.54) is 6.07 Å². The molecule has 58 valence electrons. The number of hydrogen-bond donors (Lipinski definition) is 1. The van der Waals surface area contributed by atoms with Gasteiger partial charge in [-0.05, 0) is 22.9 Å². The molecule has 1 heterocycles. The van der Waals surface area contributed by atoms with Crippen LogP contribution >= 0.6 is 0 Å². The first-order valence-electron chi connectivity index (χ1n) is 2.99. The van der Waals surface area contributed by atoms with E-state index in [2.05, 4.69) is 4.98 Å². The van der Waals surface area contributed by atoms with Gasteiger partial charge in [-0.1, -0.05) is 0 Å². The number of anilines is 1. The zero-order valence-corrected chi connectivity index (χ0v) is 5.94. The van der Waals surface area contributed by atoms with Crippen LogP contribution in [0.25, 0.3) is 0 Å². The topological polar surface area (TPSA) is 82.0 Å². The molecular formula is C6H7N3O2. The summed E-state index contributed by atoms with van der Waals surface area (Å²) in [5.41, 5.74) is 5.77. The molecule has 0 bridgehead atoms. The minimum Gasteiger partial charge on any atom is -0.363 e. The molecule has 1 aromatic rings. The molecular weight excluding hydrogens is 146 g/mol. The van der Waals surface area contributed by atoms with Crippen molar-refractivity contribution >= 4 is 11.6 Å². The van der Waals surface area contributed by atoms with Crippen LogP contribution in [-0.2, 0) is 0 Å². The van der Waals surface area contributed by atoms with Crippen molar-refractivity contribution in [3.05, 3.63) is 27.8 Å². The SMILES string of the molecule is Cc1ccc(N)nc1[N+](=O)[O-]. The number of aromatic nitrogens is 1. The van der Waals surface area contributed by atoms with Crippen LogP contribution in [0.15, 0.2) is 12.1 Å². The third-order valence-corrected chi connectivity index (χ3v) is 1.26. The Morgan fingerprint density at radius 3 is 2.73 bits per heavy atom. The standard InChI is InChI=1S/C6H7N3O2/c1-4-2-3-5(7)8-6(4)9(10)11/h2-3H,1H3,(H2,7,8). The first-order chi connectivity index (χ1) is 5.11. The van der Waals surface area contributed by atoms with E-state index in [9.17, 15) is 10.1 Å². The molecule has 1 rings (SSSR count). The van der Waals surface area contributed by atoms with Gasteiger partial charge in [0.25, 0.3) is 0 Å². The monoisotopic (exact) mass is 153 g/mol. The van der Waals surface area contributed by atoms with Gasteiger partial charge in [-0.25, -0.2) is 0 Å². The summed E-state index contributed by atoms with van der Waals surface area (Å²) in [6.45, 7) is 1.62. The lowest BCUT2D eigenvalue weighted by atomic mass is 10.3. The van der Waals surface area contributed by atoms with Gasteiger partial charge in [0, 0.05) is 11.6 Å². The van der Waals surface area contributed by atoms with Gasteiger partial charge in [-0.2, -0.15) is 0 Å². The van der Waals surface area contributed by atoms with Crippen molar-refractivity contribution < 1.29 is 4.92 Å². The number of nitrogens with two attached hydrogens (primary N) is 1. The van der Waals surface area contributed by atoms with Crippen molar-refractivity contribution in [3.8, 4) is 0 Å². The molecule has 0 aliphatic heterocycles. The fourth-order valence-corrected chi connectivity index (χ4v) is 0.717. The van der Waals surface area contributed by atoms with Crippen molar-refractivity contribution in [3.63, 3.8) is 0 Å². The summed E-state index contributed by atoms with van der Waals surface area (Å²) in [5, 5.41) is 10.3. The first-order valence-corrected chi connectivity index (χ1v) is 2.99. The van der Waals surface area contributed by atoms with Gasteiger partial charge in [0.1, 0.15) is 0 Å². The number of nitro groups is 1. The van der Waals surface area contributed by atoms with Gasteiger partial charge in [-0.3, -0.25) is 0 Å². The summed E-state index contributed by atoms with van der Waals surface area (Å²) in [4.78, 5) is 13.3. The minimum absolute atomic E-state index is 0.169. The number of pyridine rings is 1. The highest BCUT2D eigenvalue weighted by molar-refractivity contribution is 5.40. The number of hydrogen-bond acceptors (Lipinski definition) is 4. The fourth-order valence-electron chi connectivity index (χ4n) is 0.717. The van der Waals surface area contributed by atoms with Gasteiger partial charge in [-0.15, -0.1) is 0 Å². The molecule has 0 spiro atoms. The smallest absolute Gasteiger partial charge is 0.363 e. The minimum atomic E-state index is -0.550. The van der Waals surface area contributed by atoms with Gasteiger partial charge < -0.3 is 15.8 Å². The second-order valence-corrected chi connectivity index (χ2v) is 2.13. The molecule has 0 saturated heterocycles. The van der Waals surface area contributed by atoms with E-state index >= 15 is 0 Å². The number of aryl methyl sites for hydroxylation is 1. The molecule has 0 atom stereocenters. The van der Waals surface area contributed by atoms with Crippen LogP contribution in [0, 0.1) is 17.0 Å². The highest BCUT2D eigenvalue weighted by Gasteiger charge is 2.11. The predicted molar refractivity (Wildman–Crippen MR) is 40.0 cm³/mol. The Hall–Kier alpha value is -1.65. The second kappa shape index (κ2) is 2.53. The maximum absolute atomic E-state index is 10.3. The Morgan fingerprint density at radius 2 is 2.27 bits per heavy atom. The summed E-state index contributed by atoms with van der Waals surface area (Å²) in [7, 11) is 0. The van der Waals surface area contributed by atoms with E-state index < -0.39 is 4.92 Å². The molecule has 5 nitrogen and oxygen atoms in total. The van der Waals surface area contributed by atoms with E-state index in [4.69, 9.17) is 5.73 Å². The maximum Gasteiger partial charge on any atom is 0.368 e. The van der Waals surface area contributed by atoms with Gasteiger partial charge >= 0.3 is 5.82 Å². The largest absolute Gasteiger partial charge is 0.368 e. The summed E-state index contributed by atoms with van der Waals surface area (Å²) < 4.78 is 0. The molecule has 0 aliphatic carbocycles. The Bertz CT molecular complexity index is 298. The highest BCUT2D eigenvalue weighted by Crippen LogP contribution is 2.14. The quantitative estimate of drug-likeness (QED) is 0.479. The number of rotatable bonds is 1. The van der Waals surface area contributed by atoms with E-state index in [-0.39, 0.29) is 11.6 Å². The molecule has 0 saturated carbocycles. The molecule has 0 radical (unpaired) electrons. The van der Waals surface area contributed by atoms with Gasteiger partial charge in [0.05, 0.1) is 0 Å². The van der Waals surface area contributed by atoms with E-state index in [0.29, 0.717) is 5.56 Å². The van der Waals surface area contributed by atoms with E-state index in [0.717, 1.165) is 0 Å². The molecule has 0 aromatic carbocycles. The van der Waals surface area contributed by atoms with Gasteiger partial charge in [0.15, 0.2) is 0 Å². The van der Waals surface area contributed by atoms with Gasteiger partial charge in [0.2, 0.25) is 5.82 Å². The summed E-state index contributed by atoms with van der Waals surface area (Å²) in [6, 6.07) is 3.10. The molecule has 2 N–H and O–H groups in total. The fraction of sp³-hybridized carbons (Fsp3) is 0.167. The molecule has 5 heteroatoms. The highest BCUT2D eigenvalue weighted by atomic mass is 16.6. The van der Waals surface area contributed by atoms with Crippen molar-refractivity contribution in [2.75, 3.05) is 5.73 Å². The van der Waals surface area contributed by atoms with Crippen LogP contribution in [0.1, 0.15) is 5.56 Å². The zero-order valence-electron chi connectivity index (χ0n) is 5.94. The van der Waals surface area contributed by atoms with Crippen LogP contribution in [0.2, 0.25) is 0 Å². The third kappa shape index (κ3) is 1.43. The van der Waals surface area contributed by atoms with Crippen molar-refractivity contribution in [1.82, 2.24) is 4.98 Å². The molecule has 0 amide bonds. The average Bonchev–Trinajstić information content (AvgIpc) is 1.94. The summed E-state index contributed by atoms with van der Waals surface area (Å²) >= 11 is 0. The summed E-state index contributed by atoms with van der Waals surface area (Å²) in [5.74, 6) is -0.00713. The molecule has 0 aliphatic rings. The number of nitrogen functional groups attached to an aromatic ring is 1. The lowest BCUT2D eigenvalue weighted by Gasteiger charge is -1.95. The lowest BCUT2D eigenvalue weighted by Crippen LogP contribution is -1.98. The predicted octanol–water partition coefficient (Wildman–Crippen LogP) is 0.880. The summed E-state index contributed by atoms with van der Waals surface area (Å²) in [6.07, 6.45) is 0. The van der Waals surface area contributed by atoms with E-state index in [1.807, 2.05) is 0 Å². The first kappa shape index (κ1) is 7.46. The molecule has 11 heavy (non-hydrogen) atoms. The lowest BCUT2D eigenvalue weighted by molar-refractivity contribution is -0.390.